The molecule has 0 heterocycles. The van der Waals surface area contributed by atoms with Gasteiger partial charge in [-0.3, -0.25) is 4.79 Å². The van der Waals surface area contributed by atoms with Crippen molar-refractivity contribution in [3.8, 4) is 0 Å². The van der Waals surface area contributed by atoms with Crippen LogP contribution in [0, 0.1) is 11.7 Å². The van der Waals surface area contributed by atoms with E-state index in [4.69, 9.17) is 0 Å². The lowest BCUT2D eigenvalue weighted by atomic mass is 10.4. The summed E-state index contributed by atoms with van der Waals surface area (Å²) >= 11 is 1.43. The molecule has 1 N–H and O–H groups in total. The molecule has 0 spiro atoms. The van der Waals surface area contributed by atoms with Gasteiger partial charge in [-0.1, -0.05) is 0 Å². The molecular weight excluding hydrogens is 225 g/mol. The standard InChI is InChI=1S/C12H14FNOS/c13-10-3-5-11(6-4-10)16-8-12(15)14-7-9-1-2-9/h3-6,9H,1-2,7-8H2,(H,14,15). The molecule has 2 rings (SSSR count). The van der Waals surface area contributed by atoms with Gasteiger partial charge in [0.25, 0.3) is 0 Å². The van der Waals surface area contributed by atoms with Crippen molar-refractivity contribution in [1.29, 1.82) is 0 Å². The van der Waals surface area contributed by atoms with E-state index in [-0.39, 0.29) is 11.7 Å². The summed E-state index contributed by atoms with van der Waals surface area (Å²) in [6.07, 6.45) is 2.48. The molecule has 0 unspecified atom stereocenters. The van der Waals surface area contributed by atoms with Crippen LogP contribution >= 0.6 is 11.8 Å². The molecule has 4 heteroatoms. The Bertz CT molecular complexity index is 362. The summed E-state index contributed by atoms with van der Waals surface area (Å²) in [5.74, 6) is 0.918. The molecule has 0 aliphatic heterocycles. The Morgan fingerprint density at radius 3 is 2.69 bits per heavy atom. The summed E-state index contributed by atoms with van der Waals surface area (Å²) < 4.78 is 12.6. The zero-order valence-corrected chi connectivity index (χ0v) is 9.73. The zero-order valence-electron chi connectivity index (χ0n) is 8.91. The molecule has 1 aromatic rings. The lowest BCUT2D eigenvalue weighted by molar-refractivity contribution is -0.118. The minimum Gasteiger partial charge on any atom is -0.355 e. The van der Waals surface area contributed by atoms with Crippen LogP contribution < -0.4 is 5.32 Å². The van der Waals surface area contributed by atoms with Crippen LogP contribution in [0.4, 0.5) is 4.39 Å². The number of halogens is 1. The topological polar surface area (TPSA) is 29.1 Å². The molecule has 1 fully saturated rings. The molecule has 0 bridgehead atoms. The number of hydrogen-bond acceptors (Lipinski definition) is 2. The zero-order chi connectivity index (χ0) is 11.4. The Morgan fingerprint density at radius 1 is 1.38 bits per heavy atom. The highest BCUT2D eigenvalue weighted by atomic mass is 32.2. The maximum absolute atomic E-state index is 12.6. The third-order valence-electron chi connectivity index (χ3n) is 2.47. The minimum atomic E-state index is -0.248. The Hall–Kier alpha value is -1.03. The highest BCUT2D eigenvalue weighted by molar-refractivity contribution is 8.00. The molecular formula is C12H14FNOS. The lowest BCUT2D eigenvalue weighted by Crippen LogP contribution is -2.27. The number of hydrogen-bond donors (Lipinski definition) is 1. The van der Waals surface area contributed by atoms with E-state index in [1.54, 1.807) is 12.1 Å². The fourth-order valence-electron chi connectivity index (χ4n) is 1.31. The van der Waals surface area contributed by atoms with Crippen molar-refractivity contribution >= 4 is 17.7 Å². The highest BCUT2D eigenvalue weighted by Crippen LogP contribution is 2.27. The second kappa shape index (κ2) is 5.34. The van der Waals surface area contributed by atoms with Gasteiger partial charge >= 0.3 is 0 Å². The van der Waals surface area contributed by atoms with Gasteiger partial charge in [-0.2, -0.15) is 0 Å². The Morgan fingerprint density at radius 2 is 2.06 bits per heavy atom. The van der Waals surface area contributed by atoms with Crippen molar-refractivity contribution in [1.82, 2.24) is 5.32 Å². The van der Waals surface area contributed by atoms with E-state index in [1.165, 1.54) is 36.7 Å². The van der Waals surface area contributed by atoms with E-state index in [0.29, 0.717) is 11.7 Å². The smallest absolute Gasteiger partial charge is 0.230 e. The first-order chi connectivity index (χ1) is 7.74. The van der Waals surface area contributed by atoms with Crippen molar-refractivity contribution in [2.45, 2.75) is 17.7 Å². The third-order valence-corrected chi connectivity index (χ3v) is 3.48. The summed E-state index contributed by atoms with van der Waals surface area (Å²) in [5, 5.41) is 2.89. The third kappa shape index (κ3) is 3.85. The first-order valence-corrected chi connectivity index (χ1v) is 6.37. The maximum Gasteiger partial charge on any atom is 0.230 e. The van der Waals surface area contributed by atoms with Gasteiger partial charge in [-0.05, 0) is 43.0 Å². The highest BCUT2D eigenvalue weighted by Gasteiger charge is 2.21. The molecule has 1 amide bonds. The molecule has 1 saturated carbocycles. The average Bonchev–Trinajstić information content (AvgIpc) is 3.09. The molecule has 86 valence electrons. The van der Waals surface area contributed by atoms with E-state index in [1.807, 2.05) is 0 Å². The van der Waals surface area contributed by atoms with Gasteiger partial charge in [0.15, 0.2) is 0 Å². The van der Waals surface area contributed by atoms with Crippen molar-refractivity contribution in [2.75, 3.05) is 12.3 Å². The number of benzene rings is 1. The number of rotatable bonds is 5. The number of nitrogens with one attached hydrogen (secondary N) is 1. The number of amides is 1. The molecule has 1 aromatic carbocycles. The van der Waals surface area contributed by atoms with E-state index < -0.39 is 0 Å². The fraction of sp³-hybridized carbons (Fsp3) is 0.417. The lowest BCUT2D eigenvalue weighted by Gasteiger charge is -2.03. The van der Waals surface area contributed by atoms with E-state index in [9.17, 15) is 9.18 Å². The molecule has 0 aromatic heterocycles. The van der Waals surface area contributed by atoms with Gasteiger partial charge in [0.1, 0.15) is 5.82 Å². The second-order valence-corrected chi connectivity index (χ2v) is 5.04. The van der Waals surface area contributed by atoms with Crippen LogP contribution in [-0.2, 0) is 4.79 Å². The van der Waals surface area contributed by atoms with E-state index in [2.05, 4.69) is 5.32 Å². The predicted octanol–water partition coefficient (Wildman–Crippen LogP) is 2.44. The first-order valence-electron chi connectivity index (χ1n) is 5.39. The number of carbonyl (C=O) groups excluding carboxylic acids is 1. The second-order valence-electron chi connectivity index (χ2n) is 3.99. The molecule has 0 atom stereocenters. The molecule has 1 aliphatic carbocycles. The molecule has 0 radical (unpaired) electrons. The van der Waals surface area contributed by atoms with Crippen LogP contribution in [0.2, 0.25) is 0 Å². The van der Waals surface area contributed by atoms with Gasteiger partial charge in [0.05, 0.1) is 5.75 Å². The number of thioether (sulfide) groups is 1. The number of carbonyl (C=O) groups is 1. The van der Waals surface area contributed by atoms with Gasteiger partial charge in [0, 0.05) is 11.4 Å². The SMILES string of the molecule is O=C(CSc1ccc(F)cc1)NCC1CC1. The molecule has 16 heavy (non-hydrogen) atoms. The van der Waals surface area contributed by atoms with Crippen molar-refractivity contribution < 1.29 is 9.18 Å². The largest absolute Gasteiger partial charge is 0.355 e. The summed E-state index contributed by atoms with van der Waals surface area (Å²) in [7, 11) is 0. The molecule has 1 aliphatic rings. The average molecular weight is 239 g/mol. The van der Waals surface area contributed by atoms with Crippen LogP contribution in [0.3, 0.4) is 0 Å². The van der Waals surface area contributed by atoms with Crippen LogP contribution in [0.5, 0.6) is 0 Å². The van der Waals surface area contributed by atoms with Gasteiger partial charge in [0.2, 0.25) is 5.91 Å². The maximum atomic E-state index is 12.6. The van der Waals surface area contributed by atoms with Gasteiger partial charge < -0.3 is 5.32 Å². The predicted molar refractivity (Wildman–Crippen MR) is 62.9 cm³/mol. The quantitative estimate of drug-likeness (QED) is 0.800. The Balaban J connectivity index is 1.69. The van der Waals surface area contributed by atoms with Crippen LogP contribution in [0.15, 0.2) is 29.2 Å². The van der Waals surface area contributed by atoms with E-state index in [0.717, 1.165) is 11.4 Å². The fourth-order valence-corrected chi connectivity index (χ4v) is 2.04. The van der Waals surface area contributed by atoms with Crippen molar-refractivity contribution in [3.63, 3.8) is 0 Å². The summed E-state index contributed by atoms with van der Waals surface area (Å²) in [5.41, 5.74) is 0. The van der Waals surface area contributed by atoms with Crippen LogP contribution in [0.25, 0.3) is 0 Å². The summed E-state index contributed by atoms with van der Waals surface area (Å²) in [4.78, 5) is 12.3. The Labute approximate surface area is 98.6 Å². The Kier molecular flexibility index (Phi) is 3.83. The summed E-state index contributed by atoms with van der Waals surface area (Å²) in [6, 6.07) is 6.19. The summed E-state index contributed by atoms with van der Waals surface area (Å²) in [6.45, 7) is 0.808. The minimum absolute atomic E-state index is 0.0567. The normalized spacial score (nSPS) is 14.8. The van der Waals surface area contributed by atoms with Crippen molar-refractivity contribution in [3.05, 3.63) is 30.1 Å². The first kappa shape index (κ1) is 11.5. The van der Waals surface area contributed by atoms with Gasteiger partial charge in [-0.15, -0.1) is 11.8 Å². The molecule has 2 nitrogen and oxygen atoms in total. The van der Waals surface area contributed by atoms with Crippen LogP contribution in [-0.4, -0.2) is 18.2 Å². The monoisotopic (exact) mass is 239 g/mol. The van der Waals surface area contributed by atoms with E-state index >= 15 is 0 Å². The van der Waals surface area contributed by atoms with Gasteiger partial charge in [-0.25, -0.2) is 4.39 Å². The van der Waals surface area contributed by atoms with Crippen LogP contribution in [0.1, 0.15) is 12.8 Å². The molecule has 0 saturated heterocycles. The van der Waals surface area contributed by atoms with Crippen molar-refractivity contribution in [2.24, 2.45) is 5.92 Å².